The second kappa shape index (κ2) is 6.26. The van der Waals surface area contributed by atoms with Gasteiger partial charge in [-0.25, -0.2) is 9.37 Å². The van der Waals surface area contributed by atoms with E-state index in [4.69, 9.17) is 0 Å². The third kappa shape index (κ3) is 2.98. The number of thiophene rings is 1. The summed E-state index contributed by atoms with van der Waals surface area (Å²) in [6, 6.07) is 14.3. The first kappa shape index (κ1) is 15.7. The maximum Gasteiger partial charge on any atom is 0.263 e. The number of rotatable bonds is 3. The predicted molar refractivity (Wildman–Crippen MR) is 99.6 cm³/mol. The van der Waals surface area contributed by atoms with E-state index >= 15 is 0 Å². The molecule has 0 bridgehead atoms. The average molecular weight is 350 g/mol. The van der Waals surface area contributed by atoms with Crippen LogP contribution >= 0.6 is 11.3 Å². The Morgan fingerprint density at radius 2 is 1.80 bits per heavy atom. The molecule has 0 amide bonds. The summed E-state index contributed by atoms with van der Waals surface area (Å²) in [5.74, 6) is -0.288. The molecule has 0 saturated carbocycles. The molecule has 0 aliphatic rings. The number of hydrogen-bond donors (Lipinski definition) is 0. The maximum atomic E-state index is 13.1. The second-order valence-corrected chi connectivity index (χ2v) is 6.86. The number of aromatic nitrogens is 2. The topological polar surface area (TPSA) is 34.9 Å². The molecule has 0 fully saturated rings. The minimum atomic E-state index is -0.288. The molecule has 25 heavy (non-hydrogen) atoms. The molecule has 0 aliphatic heterocycles. The lowest BCUT2D eigenvalue weighted by Gasteiger charge is -2.07. The Bertz CT molecular complexity index is 1100. The Hall–Kier alpha value is -2.79. The molecule has 0 unspecified atom stereocenters. The number of benzene rings is 2. The largest absolute Gasteiger partial charge is 0.294 e. The van der Waals surface area contributed by atoms with Gasteiger partial charge < -0.3 is 0 Å². The monoisotopic (exact) mass is 350 g/mol. The van der Waals surface area contributed by atoms with Crippen LogP contribution in [-0.2, 0) is 6.54 Å². The molecule has 4 aromatic rings. The van der Waals surface area contributed by atoms with Crippen molar-refractivity contribution in [3.8, 4) is 11.1 Å². The van der Waals surface area contributed by atoms with Crippen molar-refractivity contribution < 1.29 is 4.39 Å². The summed E-state index contributed by atoms with van der Waals surface area (Å²) in [6.07, 6.45) is 1.56. The number of aryl methyl sites for hydroxylation is 1. The molecule has 2 aromatic heterocycles. The summed E-state index contributed by atoms with van der Waals surface area (Å²) in [5, 5.41) is 2.62. The van der Waals surface area contributed by atoms with E-state index in [1.54, 1.807) is 23.0 Å². The molecule has 0 aliphatic carbocycles. The summed E-state index contributed by atoms with van der Waals surface area (Å²) in [4.78, 5) is 18.1. The Morgan fingerprint density at radius 1 is 1.08 bits per heavy atom. The highest BCUT2D eigenvalue weighted by Gasteiger charge is 2.13. The normalized spacial score (nSPS) is 11.1. The lowest BCUT2D eigenvalue weighted by atomic mass is 10.1. The molecule has 0 radical (unpaired) electrons. The van der Waals surface area contributed by atoms with Gasteiger partial charge in [-0.2, -0.15) is 0 Å². The molecular weight excluding hydrogens is 335 g/mol. The van der Waals surface area contributed by atoms with Crippen LogP contribution in [0.15, 0.2) is 65.0 Å². The summed E-state index contributed by atoms with van der Waals surface area (Å²) in [6.45, 7) is 2.40. The van der Waals surface area contributed by atoms with Crippen LogP contribution in [0.25, 0.3) is 21.3 Å². The van der Waals surface area contributed by atoms with Crippen LogP contribution in [0.4, 0.5) is 4.39 Å². The first-order chi connectivity index (χ1) is 12.1. The number of halogens is 1. The van der Waals surface area contributed by atoms with Crippen molar-refractivity contribution in [1.29, 1.82) is 0 Å². The van der Waals surface area contributed by atoms with Crippen LogP contribution < -0.4 is 5.56 Å². The van der Waals surface area contributed by atoms with Crippen LogP contribution in [0.2, 0.25) is 0 Å². The van der Waals surface area contributed by atoms with Crippen molar-refractivity contribution in [2.75, 3.05) is 0 Å². The van der Waals surface area contributed by atoms with Gasteiger partial charge in [-0.1, -0.05) is 42.0 Å². The number of hydrogen-bond acceptors (Lipinski definition) is 3. The highest BCUT2D eigenvalue weighted by atomic mass is 32.1. The van der Waals surface area contributed by atoms with Crippen LogP contribution in [0.3, 0.4) is 0 Å². The van der Waals surface area contributed by atoms with E-state index in [1.165, 1.54) is 29.0 Å². The van der Waals surface area contributed by atoms with Crippen molar-refractivity contribution in [2.45, 2.75) is 13.5 Å². The SMILES string of the molecule is Cc1ccc(-c2csc3ncn(Cc4ccc(F)cc4)c(=O)c23)cc1. The van der Waals surface area contributed by atoms with Crippen molar-refractivity contribution >= 4 is 21.6 Å². The Morgan fingerprint density at radius 3 is 2.52 bits per heavy atom. The molecule has 0 saturated heterocycles. The predicted octanol–water partition coefficient (Wildman–Crippen LogP) is 4.62. The molecular formula is C20H15FN2OS. The van der Waals surface area contributed by atoms with Gasteiger partial charge >= 0.3 is 0 Å². The van der Waals surface area contributed by atoms with E-state index in [9.17, 15) is 9.18 Å². The van der Waals surface area contributed by atoms with Crippen molar-refractivity contribution in [3.05, 3.63) is 87.5 Å². The molecule has 2 heterocycles. The third-order valence-electron chi connectivity index (χ3n) is 4.19. The highest BCUT2D eigenvalue weighted by Crippen LogP contribution is 2.30. The van der Waals surface area contributed by atoms with E-state index in [0.29, 0.717) is 11.9 Å². The summed E-state index contributed by atoms with van der Waals surface area (Å²) in [5.41, 5.74) is 3.87. The lowest BCUT2D eigenvalue weighted by molar-refractivity contribution is 0.626. The molecule has 2 aromatic carbocycles. The van der Waals surface area contributed by atoms with Crippen molar-refractivity contribution in [2.24, 2.45) is 0 Å². The quantitative estimate of drug-likeness (QED) is 0.540. The van der Waals surface area contributed by atoms with Gasteiger partial charge in [0.05, 0.1) is 18.3 Å². The fourth-order valence-electron chi connectivity index (χ4n) is 2.81. The van der Waals surface area contributed by atoms with Crippen LogP contribution in [0, 0.1) is 12.7 Å². The molecule has 124 valence electrons. The highest BCUT2D eigenvalue weighted by molar-refractivity contribution is 7.17. The van der Waals surface area contributed by atoms with E-state index < -0.39 is 0 Å². The maximum absolute atomic E-state index is 13.1. The third-order valence-corrected chi connectivity index (χ3v) is 5.08. The van der Waals surface area contributed by atoms with Gasteiger partial charge in [-0.3, -0.25) is 9.36 Å². The van der Waals surface area contributed by atoms with Crippen molar-refractivity contribution in [1.82, 2.24) is 9.55 Å². The Labute approximate surface area is 148 Å². The summed E-state index contributed by atoms with van der Waals surface area (Å²) >= 11 is 1.47. The molecule has 0 spiro atoms. The van der Waals surface area contributed by atoms with Gasteiger partial charge in [-0.05, 0) is 30.2 Å². The molecule has 0 N–H and O–H groups in total. The van der Waals surface area contributed by atoms with Gasteiger partial charge in [0.2, 0.25) is 0 Å². The van der Waals surface area contributed by atoms with Gasteiger partial charge in [0.25, 0.3) is 5.56 Å². The number of fused-ring (bicyclic) bond motifs is 1. The smallest absolute Gasteiger partial charge is 0.263 e. The minimum Gasteiger partial charge on any atom is -0.294 e. The lowest BCUT2D eigenvalue weighted by Crippen LogP contribution is -2.20. The summed E-state index contributed by atoms with van der Waals surface area (Å²) in [7, 11) is 0. The van der Waals surface area contributed by atoms with E-state index in [1.807, 2.05) is 36.6 Å². The zero-order valence-corrected chi connectivity index (χ0v) is 14.4. The molecule has 5 heteroatoms. The zero-order valence-electron chi connectivity index (χ0n) is 13.6. The minimum absolute atomic E-state index is 0.0776. The Balaban J connectivity index is 1.81. The van der Waals surface area contributed by atoms with Gasteiger partial charge in [-0.15, -0.1) is 11.3 Å². The molecule has 3 nitrogen and oxygen atoms in total. The van der Waals surface area contributed by atoms with Gasteiger partial charge in [0, 0.05) is 10.9 Å². The van der Waals surface area contributed by atoms with Crippen LogP contribution in [0.1, 0.15) is 11.1 Å². The second-order valence-electron chi connectivity index (χ2n) is 6.00. The van der Waals surface area contributed by atoms with Gasteiger partial charge in [0.1, 0.15) is 10.6 Å². The molecule has 4 rings (SSSR count). The van der Waals surface area contributed by atoms with Crippen molar-refractivity contribution in [3.63, 3.8) is 0 Å². The first-order valence-corrected chi connectivity index (χ1v) is 8.78. The van der Waals surface area contributed by atoms with Gasteiger partial charge in [0.15, 0.2) is 0 Å². The van der Waals surface area contributed by atoms with Crippen LogP contribution in [-0.4, -0.2) is 9.55 Å². The fourth-order valence-corrected chi connectivity index (χ4v) is 3.72. The van der Waals surface area contributed by atoms with E-state index in [-0.39, 0.29) is 11.4 Å². The van der Waals surface area contributed by atoms with Crippen LogP contribution in [0.5, 0.6) is 0 Å². The Kier molecular flexibility index (Phi) is 3.93. The van der Waals surface area contributed by atoms with E-state index in [0.717, 1.165) is 21.5 Å². The summed E-state index contributed by atoms with van der Waals surface area (Å²) < 4.78 is 14.6. The first-order valence-electron chi connectivity index (χ1n) is 7.90. The zero-order chi connectivity index (χ0) is 17.4. The molecule has 0 atom stereocenters. The van der Waals surface area contributed by atoms with E-state index in [2.05, 4.69) is 4.98 Å². The average Bonchev–Trinajstić information content (AvgIpc) is 3.05. The fraction of sp³-hybridized carbons (Fsp3) is 0.100. The number of nitrogens with zero attached hydrogens (tertiary/aromatic N) is 2. The standard InChI is InChI=1S/C20H15FN2OS/c1-13-2-6-15(7-3-13)17-11-25-19-18(17)20(24)23(12-22-19)10-14-4-8-16(21)9-5-14/h2-9,11-12H,10H2,1H3.